The van der Waals surface area contributed by atoms with Crippen molar-refractivity contribution in [3.63, 3.8) is 0 Å². The van der Waals surface area contributed by atoms with Crippen LogP contribution in [-0.2, 0) is 23.6 Å². The molecule has 9 heteroatoms. The second-order valence-electron chi connectivity index (χ2n) is 7.47. The zero-order valence-electron chi connectivity index (χ0n) is 15.9. The molecule has 0 spiro atoms. The molecule has 2 aliphatic heterocycles. The highest BCUT2D eigenvalue weighted by molar-refractivity contribution is 6.64. The molecule has 1 aromatic carbocycles. The highest BCUT2D eigenvalue weighted by Crippen LogP contribution is 2.30. The van der Waals surface area contributed by atoms with E-state index in [0.717, 1.165) is 11.0 Å². The molecule has 0 fully saturated rings. The predicted octanol–water partition coefficient (Wildman–Crippen LogP) is 1.32. The summed E-state index contributed by atoms with van der Waals surface area (Å²) in [5.74, 6) is 0.287. The summed E-state index contributed by atoms with van der Waals surface area (Å²) in [5.41, 5.74) is 1.12. The Morgan fingerprint density at radius 3 is 2.78 bits per heavy atom. The minimum atomic E-state index is -0.648. The van der Waals surface area contributed by atoms with Crippen LogP contribution in [-0.4, -0.2) is 50.6 Å². The molecule has 3 rings (SSSR count). The lowest BCUT2D eigenvalue weighted by Crippen LogP contribution is -2.38. The Morgan fingerprint density at radius 1 is 1.30 bits per heavy atom. The SMILES string of the molecule is CC(=O)OC[C@@H]1COc2cccc3c2B(O1)O[C@@H]3CNC(=O)OC(C)(C)C. The van der Waals surface area contributed by atoms with Crippen LogP contribution in [0.25, 0.3) is 0 Å². The van der Waals surface area contributed by atoms with Gasteiger partial charge in [-0.05, 0) is 32.4 Å². The van der Waals surface area contributed by atoms with Crippen molar-refractivity contribution < 1.29 is 33.1 Å². The number of hydrogen-bond donors (Lipinski definition) is 1. The molecule has 27 heavy (non-hydrogen) atoms. The fraction of sp³-hybridized carbons (Fsp3) is 0.556. The third-order valence-electron chi connectivity index (χ3n) is 4.01. The fourth-order valence-corrected chi connectivity index (χ4v) is 2.95. The summed E-state index contributed by atoms with van der Waals surface area (Å²) in [6.07, 6.45) is -1.35. The second-order valence-corrected chi connectivity index (χ2v) is 7.47. The Labute approximate surface area is 158 Å². The van der Waals surface area contributed by atoms with Crippen LogP contribution in [0.1, 0.15) is 39.4 Å². The van der Waals surface area contributed by atoms with E-state index in [9.17, 15) is 9.59 Å². The van der Waals surface area contributed by atoms with Crippen molar-refractivity contribution in [1.29, 1.82) is 0 Å². The molecular weight excluding hydrogens is 353 g/mol. The molecule has 8 nitrogen and oxygen atoms in total. The van der Waals surface area contributed by atoms with Crippen LogP contribution in [0.4, 0.5) is 4.79 Å². The number of nitrogens with one attached hydrogen (secondary N) is 1. The maximum absolute atomic E-state index is 11.9. The van der Waals surface area contributed by atoms with Gasteiger partial charge in [-0.3, -0.25) is 4.79 Å². The molecular formula is C18H24BNO7. The maximum Gasteiger partial charge on any atom is 0.499 e. The number of carbonyl (C=O) groups excluding carboxylic acids is 2. The molecule has 2 aliphatic rings. The summed E-state index contributed by atoms with van der Waals surface area (Å²) < 4.78 is 28.0. The van der Waals surface area contributed by atoms with Crippen molar-refractivity contribution >= 4 is 24.6 Å². The molecule has 2 atom stereocenters. The van der Waals surface area contributed by atoms with Crippen molar-refractivity contribution in [1.82, 2.24) is 5.32 Å². The van der Waals surface area contributed by atoms with Crippen LogP contribution >= 0.6 is 0 Å². The summed E-state index contributed by atoms with van der Waals surface area (Å²) in [6, 6.07) is 5.63. The van der Waals surface area contributed by atoms with E-state index in [-0.39, 0.29) is 25.7 Å². The Bertz CT molecular complexity index is 718. The highest BCUT2D eigenvalue weighted by Gasteiger charge is 2.43. The van der Waals surface area contributed by atoms with Gasteiger partial charge in [-0.2, -0.15) is 0 Å². The maximum atomic E-state index is 11.9. The van der Waals surface area contributed by atoms with Crippen molar-refractivity contribution in [2.45, 2.75) is 45.5 Å². The van der Waals surface area contributed by atoms with Gasteiger partial charge in [0.2, 0.25) is 0 Å². The molecule has 1 amide bonds. The van der Waals surface area contributed by atoms with Crippen molar-refractivity contribution in [3.05, 3.63) is 23.8 Å². The van der Waals surface area contributed by atoms with E-state index in [0.29, 0.717) is 5.75 Å². The first kappa shape index (κ1) is 19.5. The Hall–Kier alpha value is -2.26. The van der Waals surface area contributed by atoms with Crippen LogP contribution in [0.15, 0.2) is 18.2 Å². The monoisotopic (exact) mass is 377 g/mol. The zero-order chi connectivity index (χ0) is 19.6. The van der Waals surface area contributed by atoms with Gasteiger partial charge in [0.25, 0.3) is 0 Å². The topological polar surface area (TPSA) is 92.3 Å². The Morgan fingerprint density at radius 2 is 2.07 bits per heavy atom. The van der Waals surface area contributed by atoms with Gasteiger partial charge in [0.1, 0.15) is 30.7 Å². The van der Waals surface area contributed by atoms with E-state index in [1.54, 1.807) is 20.8 Å². The summed E-state index contributed by atoms with van der Waals surface area (Å²) in [5, 5.41) is 2.72. The largest absolute Gasteiger partial charge is 0.499 e. The van der Waals surface area contributed by atoms with Crippen LogP contribution in [0, 0.1) is 0 Å². The van der Waals surface area contributed by atoms with Crippen molar-refractivity contribution in [2.75, 3.05) is 19.8 Å². The van der Waals surface area contributed by atoms with Gasteiger partial charge in [-0.15, -0.1) is 0 Å². The molecule has 0 radical (unpaired) electrons. The first-order valence-electron chi connectivity index (χ1n) is 8.89. The van der Waals surface area contributed by atoms with Gasteiger partial charge in [0.15, 0.2) is 0 Å². The minimum Gasteiger partial charge on any atom is -0.491 e. The van der Waals surface area contributed by atoms with Crippen LogP contribution in [0.2, 0.25) is 0 Å². The number of hydrogen-bond acceptors (Lipinski definition) is 7. The number of benzene rings is 1. The van der Waals surface area contributed by atoms with Gasteiger partial charge in [-0.1, -0.05) is 12.1 Å². The second kappa shape index (κ2) is 7.78. The number of alkyl carbamates (subject to hydrolysis) is 1. The number of rotatable bonds is 4. The summed E-state index contributed by atoms with van der Waals surface area (Å²) in [7, 11) is -0.648. The van der Waals surface area contributed by atoms with Gasteiger partial charge in [0.05, 0.1) is 6.10 Å². The van der Waals surface area contributed by atoms with Crippen molar-refractivity contribution in [2.24, 2.45) is 0 Å². The van der Waals surface area contributed by atoms with E-state index in [1.807, 2.05) is 18.2 Å². The lowest BCUT2D eigenvalue weighted by molar-refractivity contribution is -0.144. The molecule has 2 heterocycles. The molecule has 146 valence electrons. The van der Waals surface area contributed by atoms with Gasteiger partial charge in [0, 0.05) is 18.9 Å². The van der Waals surface area contributed by atoms with E-state index in [4.69, 9.17) is 23.5 Å². The molecule has 0 aliphatic carbocycles. The third-order valence-corrected chi connectivity index (χ3v) is 4.01. The van der Waals surface area contributed by atoms with Gasteiger partial charge < -0.3 is 28.8 Å². The number of carbonyl (C=O) groups is 2. The summed E-state index contributed by atoms with van der Waals surface area (Å²) >= 11 is 0. The molecule has 0 unspecified atom stereocenters. The first-order valence-corrected chi connectivity index (χ1v) is 8.89. The lowest BCUT2D eigenvalue weighted by Gasteiger charge is -2.22. The molecule has 0 saturated carbocycles. The smallest absolute Gasteiger partial charge is 0.491 e. The summed E-state index contributed by atoms with van der Waals surface area (Å²) in [4.78, 5) is 23.0. The third kappa shape index (κ3) is 4.93. The Kier molecular flexibility index (Phi) is 5.62. The molecule has 0 saturated heterocycles. The number of amides is 1. The van der Waals surface area contributed by atoms with E-state index in [1.165, 1.54) is 6.92 Å². The van der Waals surface area contributed by atoms with E-state index < -0.39 is 31.0 Å². The van der Waals surface area contributed by atoms with Gasteiger partial charge in [-0.25, -0.2) is 4.79 Å². The van der Waals surface area contributed by atoms with E-state index in [2.05, 4.69) is 5.32 Å². The standard InChI is InChI=1S/C18H24BNO7/c1-11(21)23-9-12-10-24-14-7-5-6-13-15(27-19(26-12)16(13)14)8-20-17(22)25-18(2,3)4/h5-7,12,15H,8-10H2,1-4H3,(H,20,22)/t12-,15-/m1/s1. The predicted molar refractivity (Wildman–Crippen MR) is 96.9 cm³/mol. The molecule has 1 aromatic rings. The average molecular weight is 377 g/mol. The molecule has 1 N–H and O–H groups in total. The lowest BCUT2D eigenvalue weighted by atomic mass is 9.77. The highest BCUT2D eigenvalue weighted by atomic mass is 16.6. The van der Waals surface area contributed by atoms with Gasteiger partial charge >= 0.3 is 19.2 Å². The van der Waals surface area contributed by atoms with Crippen molar-refractivity contribution in [3.8, 4) is 5.75 Å². The normalized spacial score (nSPS) is 21.0. The minimum absolute atomic E-state index is 0.0827. The Balaban J connectivity index is 1.68. The van der Waals surface area contributed by atoms with Crippen LogP contribution in [0.3, 0.4) is 0 Å². The number of esters is 1. The summed E-state index contributed by atoms with van der Waals surface area (Å²) in [6.45, 7) is 7.32. The van der Waals surface area contributed by atoms with E-state index >= 15 is 0 Å². The average Bonchev–Trinajstić information content (AvgIpc) is 2.81. The zero-order valence-corrected chi connectivity index (χ0v) is 15.9. The van der Waals surface area contributed by atoms with Crippen LogP contribution in [0.5, 0.6) is 5.75 Å². The molecule has 0 bridgehead atoms. The molecule has 0 aromatic heterocycles. The fourth-order valence-electron chi connectivity index (χ4n) is 2.95. The van der Waals surface area contributed by atoms with Crippen LogP contribution < -0.4 is 15.5 Å². The first-order chi connectivity index (χ1) is 12.7. The quantitative estimate of drug-likeness (QED) is 0.625. The number of ether oxygens (including phenoxy) is 3.